The van der Waals surface area contributed by atoms with Gasteiger partial charge in [0.05, 0.1) is 17.3 Å². The molecule has 2 nitrogen and oxygen atoms in total. The lowest BCUT2D eigenvalue weighted by molar-refractivity contribution is -0.629. The standard InChI is InChI=1S/C17H18N2S3.ClH/c1-12-3-8-15-16(9-12)22-17(18(15)2)13-4-6-14(7-5-13)19(10-20)11-21;/h3-9H,10-11H2,1-2H3,(H-,20,21);1H. The van der Waals surface area contributed by atoms with E-state index in [-0.39, 0.29) is 12.4 Å². The average Bonchev–Trinajstić information content (AvgIpc) is 2.85. The van der Waals surface area contributed by atoms with Crippen molar-refractivity contribution in [2.45, 2.75) is 6.92 Å². The molecule has 0 saturated carbocycles. The number of hydrogen-bond acceptors (Lipinski definition) is 4. The summed E-state index contributed by atoms with van der Waals surface area (Å²) in [6, 6.07) is 15.2. The van der Waals surface area contributed by atoms with Crippen LogP contribution in [0.4, 0.5) is 5.69 Å². The van der Waals surface area contributed by atoms with Gasteiger partial charge in [-0.25, -0.2) is 0 Å². The van der Waals surface area contributed by atoms with Gasteiger partial charge in [0.1, 0.15) is 11.7 Å². The third kappa shape index (κ3) is 3.63. The average molecular weight is 383 g/mol. The molecule has 122 valence electrons. The van der Waals surface area contributed by atoms with E-state index in [1.54, 1.807) is 0 Å². The zero-order chi connectivity index (χ0) is 15.7. The zero-order valence-electron chi connectivity index (χ0n) is 13.0. The summed E-state index contributed by atoms with van der Waals surface area (Å²) >= 11 is 10.5. The summed E-state index contributed by atoms with van der Waals surface area (Å²) in [5.41, 5.74) is 4.97. The largest absolute Gasteiger partial charge is 1.00 e. The Morgan fingerprint density at radius 1 is 1.04 bits per heavy atom. The number of nitrogens with zero attached hydrogens (tertiary/aromatic N) is 2. The molecule has 0 aliphatic carbocycles. The highest BCUT2D eigenvalue weighted by Crippen LogP contribution is 2.30. The summed E-state index contributed by atoms with van der Waals surface area (Å²) in [6.07, 6.45) is 0. The van der Waals surface area contributed by atoms with Crippen LogP contribution in [0.3, 0.4) is 0 Å². The molecule has 0 radical (unpaired) electrons. The highest BCUT2D eigenvalue weighted by molar-refractivity contribution is 7.81. The van der Waals surface area contributed by atoms with Crippen molar-refractivity contribution in [3.05, 3.63) is 48.0 Å². The first-order valence-corrected chi connectivity index (χ1v) is 9.18. The minimum absolute atomic E-state index is 0. The maximum atomic E-state index is 4.34. The summed E-state index contributed by atoms with van der Waals surface area (Å²) in [5.74, 6) is 1.33. The fourth-order valence-corrected chi connectivity index (χ4v) is 4.47. The van der Waals surface area contributed by atoms with E-state index in [1.165, 1.54) is 26.4 Å². The van der Waals surface area contributed by atoms with Crippen LogP contribution >= 0.6 is 36.6 Å². The van der Waals surface area contributed by atoms with Gasteiger partial charge in [-0.1, -0.05) is 17.4 Å². The second-order valence-corrected chi connectivity index (χ2v) is 6.90. The van der Waals surface area contributed by atoms with Crippen molar-refractivity contribution >= 4 is 52.5 Å². The van der Waals surface area contributed by atoms with Crippen LogP contribution < -0.4 is 21.9 Å². The Kier molecular flexibility index (Phi) is 6.26. The predicted octanol–water partition coefficient (Wildman–Crippen LogP) is 1.29. The number of anilines is 1. The summed E-state index contributed by atoms with van der Waals surface area (Å²) in [7, 11) is 2.13. The maximum Gasteiger partial charge on any atom is 0.269 e. The normalized spacial score (nSPS) is 10.6. The molecule has 1 aromatic heterocycles. The van der Waals surface area contributed by atoms with Crippen LogP contribution in [0.5, 0.6) is 0 Å². The first-order chi connectivity index (χ1) is 10.6. The molecule has 0 atom stereocenters. The van der Waals surface area contributed by atoms with Gasteiger partial charge in [0, 0.05) is 11.8 Å². The molecule has 0 spiro atoms. The molecule has 0 N–H and O–H groups in total. The van der Waals surface area contributed by atoms with Crippen LogP contribution in [0.15, 0.2) is 42.5 Å². The summed E-state index contributed by atoms with van der Waals surface area (Å²) in [6.45, 7) is 2.14. The lowest BCUT2D eigenvalue weighted by atomic mass is 10.2. The molecule has 2 aromatic carbocycles. The number of hydrogen-bond donors (Lipinski definition) is 2. The lowest BCUT2D eigenvalue weighted by Gasteiger charge is -2.19. The Bertz CT molecular complexity index is 795. The van der Waals surface area contributed by atoms with Crippen molar-refractivity contribution < 1.29 is 17.0 Å². The minimum Gasteiger partial charge on any atom is -1.00 e. The molecular formula is C17H19ClN2S3. The number of rotatable bonds is 4. The minimum atomic E-state index is 0. The Balaban J connectivity index is 0.00000192. The molecule has 0 aliphatic rings. The van der Waals surface area contributed by atoms with E-state index in [0.29, 0.717) is 11.8 Å². The van der Waals surface area contributed by atoms with Crippen LogP contribution in [0.25, 0.3) is 20.8 Å². The smallest absolute Gasteiger partial charge is 0.269 e. The van der Waals surface area contributed by atoms with Gasteiger partial charge in [0.25, 0.3) is 5.01 Å². The second-order valence-electron chi connectivity index (χ2n) is 5.31. The third-order valence-electron chi connectivity index (χ3n) is 3.81. The van der Waals surface area contributed by atoms with Crippen molar-refractivity contribution in [1.29, 1.82) is 0 Å². The molecule has 0 amide bonds. The zero-order valence-corrected chi connectivity index (χ0v) is 16.4. The number of benzene rings is 2. The first kappa shape index (κ1) is 18.5. The monoisotopic (exact) mass is 382 g/mol. The third-order valence-corrected chi connectivity index (χ3v) is 5.74. The topological polar surface area (TPSA) is 7.12 Å². The van der Waals surface area contributed by atoms with Crippen molar-refractivity contribution in [1.82, 2.24) is 0 Å². The van der Waals surface area contributed by atoms with E-state index in [9.17, 15) is 0 Å². The lowest BCUT2D eigenvalue weighted by Crippen LogP contribution is -3.00. The van der Waals surface area contributed by atoms with E-state index >= 15 is 0 Å². The predicted molar refractivity (Wildman–Crippen MR) is 103 cm³/mol. The second kappa shape index (κ2) is 7.79. The number of aromatic nitrogens is 1. The van der Waals surface area contributed by atoms with Gasteiger partial charge in [-0.05, 0) is 42.8 Å². The number of fused-ring (bicyclic) bond motifs is 1. The van der Waals surface area contributed by atoms with Gasteiger partial charge < -0.3 is 17.3 Å². The molecule has 3 aromatic rings. The SMILES string of the molecule is Cc1ccc2c(c1)sc(-c1ccc(N(CS)CS)cc1)[n+]2C.[Cl-]. The van der Waals surface area contributed by atoms with Crippen LogP contribution in [0, 0.1) is 6.92 Å². The van der Waals surface area contributed by atoms with Gasteiger partial charge in [0.15, 0.2) is 0 Å². The van der Waals surface area contributed by atoms with Crippen LogP contribution in [-0.4, -0.2) is 11.8 Å². The fourth-order valence-electron chi connectivity index (χ4n) is 2.54. The van der Waals surface area contributed by atoms with Crippen molar-refractivity contribution in [3.8, 4) is 10.6 Å². The maximum absolute atomic E-state index is 4.34. The molecule has 3 rings (SSSR count). The fraction of sp³-hybridized carbons (Fsp3) is 0.235. The number of halogens is 1. The molecule has 0 aliphatic heterocycles. The van der Waals surface area contributed by atoms with Gasteiger partial charge in [-0.15, -0.1) is 0 Å². The van der Waals surface area contributed by atoms with Crippen molar-refractivity contribution in [2.75, 3.05) is 16.7 Å². The highest BCUT2D eigenvalue weighted by atomic mass is 35.5. The Labute approximate surface area is 158 Å². The number of thiazole rings is 1. The van der Waals surface area contributed by atoms with Crippen molar-refractivity contribution in [2.24, 2.45) is 7.05 Å². The molecule has 0 saturated heterocycles. The molecule has 0 bridgehead atoms. The number of thiol groups is 2. The van der Waals surface area contributed by atoms with Crippen LogP contribution in [-0.2, 0) is 7.05 Å². The molecule has 1 heterocycles. The molecule has 0 fully saturated rings. The Morgan fingerprint density at radius 2 is 1.70 bits per heavy atom. The van der Waals surface area contributed by atoms with Crippen molar-refractivity contribution in [3.63, 3.8) is 0 Å². The van der Waals surface area contributed by atoms with Crippen LogP contribution in [0.2, 0.25) is 0 Å². The highest BCUT2D eigenvalue weighted by Gasteiger charge is 2.18. The van der Waals surface area contributed by atoms with Gasteiger partial charge >= 0.3 is 0 Å². The molecule has 6 heteroatoms. The van der Waals surface area contributed by atoms with Gasteiger partial charge in [0.2, 0.25) is 5.52 Å². The van der Waals surface area contributed by atoms with E-state index in [0.717, 1.165) is 5.69 Å². The molecular weight excluding hydrogens is 364 g/mol. The van der Waals surface area contributed by atoms with Crippen LogP contribution in [0.1, 0.15) is 5.56 Å². The van der Waals surface area contributed by atoms with Gasteiger partial charge in [-0.2, -0.15) is 29.8 Å². The molecule has 0 unspecified atom stereocenters. The Morgan fingerprint density at radius 3 is 2.30 bits per heavy atom. The molecule has 23 heavy (non-hydrogen) atoms. The summed E-state index contributed by atoms with van der Waals surface area (Å²) < 4.78 is 3.60. The van der Waals surface area contributed by atoms with E-state index < -0.39 is 0 Å². The van der Waals surface area contributed by atoms with Gasteiger partial charge in [-0.3, -0.25) is 0 Å². The number of aryl methyl sites for hydroxylation is 2. The van der Waals surface area contributed by atoms with E-state index in [4.69, 9.17) is 0 Å². The summed E-state index contributed by atoms with van der Waals surface area (Å²) in [4.78, 5) is 2.10. The van der Waals surface area contributed by atoms with E-state index in [1.807, 2.05) is 11.3 Å². The Hall–Kier alpha value is -0.880. The first-order valence-electron chi connectivity index (χ1n) is 7.10. The summed E-state index contributed by atoms with van der Waals surface area (Å²) in [5, 5.41) is 1.27. The van der Waals surface area contributed by atoms with E-state index in [2.05, 4.69) is 91.2 Å². The quantitative estimate of drug-likeness (QED) is 0.392.